The molecule has 34 heavy (non-hydrogen) atoms. The third kappa shape index (κ3) is 6.07. The summed E-state index contributed by atoms with van der Waals surface area (Å²) in [6.07, 6.45) is 16.7. The van der Waals surface area contributed by atoms with Crippen molar-refractivity contribution in [2.45, 2.75) is 58.0 Å². The van der Waals surface area contributed by atoms with Crippen LogP contribution in [-0.2, 0) is 14.4 Å². The van der Waals surface area contributed by atoms with E-state index in [-0.39, 0.29) is 17.9 Å². The third-order valence-electron chi connectivity index (χ3n) is 6.26. The SMILES string of the molecule is C/C=C1/C=C(N(C(C)=O)C(C(=O)NC2CCCCC2)c2ccc(/C=C/C=O)cc2)C=CC1=NC. The van der Waals surface area contributed by atoms with Crippen molar-refractivity contribution < 1.29 is 14.4 Å². The zero-order valence-electron chi connectivity index (χ0n) is 20.2. The highest BCUT2D eigenvalue weighted by molar-refractivity contribution is 6.12. The molecule has 2 aliphatic rings. The van der Waals surface area contributed by atoms with Gasteiger partial charge in [0.1, 0.15) is 12.3 Å². The Morgan fingerprint density at radius 1 is 1.12 bits per heavy atom. The predicted octanol–water partition coefficient (Wildman–Crippen LogP) is 4.71. The second kappa shape index (κ2) is 12.1. The Balaban J connectivity index is 2.02. The van der Waals surface area contributed by atoms with Crippen LogP contribution in [0.4, 0.5) is 0 Å². The number of hydrogen-bond donors (Lipinski definition) is 1. The second-order valence-corrected chi connectivity index (χ2v) is 8.55. The fraction of sp³-hybridized carbons (Fsp3) is 0.357. The molecule has 2 aliphatic carbocycles. The molecular formula is C28H33N3O3. The second-order valence-electron chi connectivity index (χ2n) is 8.55. The number of aliphatic imine (C=N–C) groups is 1. The first kappa shape index (κ1) is 25.1. The van der Waals surface area contributed by atoms with Crippen molar-refractivity contribution in [1.29, 1.82) is 0 Å². The Morgan fingerprint density at radius 2 is 1.82 bits per heavy atom. The average molecular weight is 460 g/mol. The van der Waals surface area contributed by atoms with E-state index in [9.17, 15) is 14.4 Å². The fourth-order valence-corrected chi connectivity index (χ4v) is 4.52. The average Bonchev–Trinajstić information content (AvgIpc) is 2.86. The molecule has 1 fully saturated rings. The summed E-state index contributed by atoms with van der Waals surface area (Å²) in [5.74, 6) is -0.415. The summed E-state index contributed by atoms with van der Waals surface area (Å²) in [5.41, 5.74) is 3.91. The van der Waals surface area contributed by atoms with E-state index >= 15 is 0 Å². The fourth-order valence-electron chi connectivity index (χ4n) is 4.52. The molecule has 0 aromatic heterocycles. The van der Waals surface area contributed by atoms with Gasteiger partial charge in [0.25, 0.3) is 0 Å². The Bertz CT molecular complexity index is 1050. The smallest absolute Gasteiger partial charge is 0.248 e. The van der Waals surface area contributed by atoms with Gasteiger partial charge in [-0.05, 0) is 60.8 Å². The van der Waals surface area contributed by atoms with E-state index in [1.807, 2.05) is 55.5 Å². The quantitative estimate of drug-likeness (QED) is 0.474. The van der Waals surface area contributed by atoms with Gasteiger partial charge in [0.05, 0.1) is 5.71 Å². The molecule has 178 valence electrons. The zero-order valence-corrected chi connectivity index (χ0v) is 20.2. The minimum absolute atomic E-state index is 0.119. The first-order chi connectivity index (χ1) is 16.5. The zero-order chi connectivity index (χ0) is 24.5. The molecule has 0 saturated heterocycles. The summed E-state index contributed by atoms with van der Waals surface area (Å²) in [4.78, 5) is 43.2. The molecule has 2 amide bonds. The molecule has 6 heteroatoms. The van der Waals surface area contributed by atoms with Crippen molar-refractivity contribution in [1.82, 2.24) is 10.2 Å². The number of nitrogens with zero attached hydrogens (tertiary/aromatic N) is 2. The van der Waals surface area contributed by atoms with Gasteiger partial charge in [0.2, 0.25) is 11.8 Å². The van der Waals surface area contributed by atoms with Gasteiger partial charge in [-0.3, -0.25) is 24.3 Å². The van der Waals surface area contributed by atoms with Crippen molar-refractivity contribution >= 4 is 29.9 Å². The minimum Gasteiger partial charge on any atom is -0.351 e. The summed E-state index contributed by atoms with van der Waals surface area (Å²) < 4.78 is 0. The van der Waals surface area contributed by atoms with Gasteiger partial charge in [-0.1, -0.05) is 55.7 Å². The molecular weight excluding hydrogens is 426 g/mol. The summed E-state index contributed by atoms with van der Waals surface area (Å²) in [5, 5.41) is 3.20. The summed E-state index contributed by atoms with van der Waals surface area (Å²) in [6.45, 7) is 3.40. The number of benzene rings is 1. The van der Waals surface area contributed by atoms with E-state index in [1.165, 1.54) is 19.4 Å². The predicted molar refractivity (Wildman–Crippen MR) is 136 cm³/mol. The van der Waals surface area contributed by atoms with Crippen LogP contribution >= 0.6 is 0 Å². The van der Waals surface area contributed by atoms with E-state index in [0.717, 1.165) is 48.8 Å². The molecule has 1 saturated carbocycles. The Labute approximate surface area is 201 Å². The van der Waals surface area contributed by atoms with Gasteiger partial charge in [0, 0.05) is 25.7 Å². The number of nitrogens with one attached hydrogen (secondary N) is 1. The van der Waals surface area contributed by atoms with E-state index < -0.39 is 6.04 Å². The van der Waals surface area contributed by atoms with Crippen molar-refractivity contribution in [3.63, 3.8) is 0 Å². The van der Waals surface area contributed by atoms with Crippen LogP contribution < -0.4 is 5.32 Å². The number of amides is 2. The van der Waals surface area contributed by atoms with Gasteiger partial charge in [0.15, 0.2) is 0 Å². The molecule has 0 bridgehead atoms. The molecule has 0 spiro atoms. The largest absolute Gasteiger partial charge is 0.351 e. The van der Waals surface area contributed by atoms with Gasteiger partial charge in [-0.25, -0.2) is 0 Å². The lowest BCUT2D eigenvalue weighted by Crippen LogP contribution is -2.46. The van der Waals surface area contributed by atoms with Crippen molar-refractivity contribution in [2.75, 3.05) is 7.05 Å². The molecule has 0 radical (unpaired) electrons. The maximum absolute atomic E-state index is 13.7. The third-order valence-corrected chi connectivity index (χ3v) is 6.26. The van der Waals surface area contributed by atoms with Gasteiger partial charge in [-0.2, -0.15) is 0 Å². The molecule has 1 unspecified atom stereocenters. The van der Waals surface area contributed by atoms with E-state index in [0.29, 0.717) is 11.3 Å². The molecule has 1 N–H and O–H groups in total. The first-order valence-corrected chi connectivity index (χ1v) is 11.8. The molecule has 6 nitrogen and oxygen atoms in total. The van der Waals surface area contributed by atoms with Gasteiger partial charge in [-0.15, -0.1) is 0 Å². The number of allylic oxidation sites excluding steroid dienone is 6. The van der Waals surface area contributed by atoms with E-state index in [2.05, 4.69) is 10.3 Å². The topological polar surface area (TPSA) is 78.8 Å². The highest BCUT2D eigenvalue weighted by atomic mass is 16.2. The number of carbonyl (C=O) groups excluding carboxylic acids is 3. The van der Waals surface area contributed by atoms with Crippen LogP contribution in [0.15, 0.2) is 70.9 Å². The van der Waals surface area contributed by atoms with Crippen LogP contribution in [0.1, 0.15) is 63.1 Å². The normalized spacial score (nSPS) is 19.8. The standard InChI is InChI=1S/C28H33N3O3/c1-4-22-19-25(16-17-26(22)29-3)31(20(2)33)27(28(34)30-24-10-6-5-7-11-24)23-14-12-21(13-15-23)9-8-18-32/h4,8-9,12-19,24,27H,5-7,10-11H2,1-3H3,(H,30,34)/b9-8+,22-4-,29-26?. The van der Waals surface area contributed by atoms with E-state index in [1.54, 1.807) is 18.0 Å². The lowest BCUT2D eigenvalue weighted by molar-refractivity contribution is -0.137. The Hall–Kier alpha value is -3.54. The number of hydrogen-bond acceptors (Lipinski definition) is 4. The van der Waals surface area contributed by atoms with Gasteiger partial charge >= 0.3 is 0 Å². The number of carbonyl (C=O) groups is 3. The molecule has 0 aliphatic heterocycles. The summed E-state index contributed by atoms with van der Waals surface area (Å²) >= 11 is 0. The molecule has 1 aromatic carbocycles. The van der Waals surface area contributed by atoms with Crippen LogP contribution in [-0.4, -0.2) is 41.8 Å². The lowest BCUT2D eigenvalue weighted by atomic mass is 9.94. The number of rotatable bonds is 7. The molecule has 1 aromatic rings. The van der Waals surface area contributed by atoms with Crippen LogP contribution in [0.25, 0.3) is 6.08 Å². The van der Waals surface area contributed by atoms with Crippen molar-refractivity contribution in [3.8, 4) is 0 Å². The van der Waals surface area contributed by atoms with Crippen molar-refractivity contribution in [2.24, 2.45) is 4.99 Å². The van der Waals surface area contributed by atoms with Gasteiger partial charge < -0.3 is 5.32 Å². The summed E-state index contributed by atoms with van der Waals surface area (Å²) in [6, 6.07) is 6.67. The van der Waals surface area contributed by atoms with Crippen LogP contribution in [0, 0.1) is 0 Å². The highest BCUT2D eigenvalue weighted by Gasteiger charge is 2.33. The van der Waals surface area contributed by atoms with Crippen LogP contribution in [0.2, 0.25) is 0 Å². The van der Waals surface area contributed by atoms with Crippen LogP contribution in [0.5, 0.6) is 0 Å². The lowest BCUT2D eigenvalue weighted by Gasteiger charge is -2.34. The Kier molecular flexibility index (Phi) is 8.91. The monoisotopic (exact) mass is 459 g/mol. The van der Waals surface area contributed by atoms with Crippen LogP contribution in [0.3, 0.4) is 0 Å². The van der Waals surface area contributed by atoms with Crippen molar-refractivity contribution in [3.05, 3.63) is 77.0 Å². The molecule has 1 atom stereocenters. The maximum Gasteiger partial charge on any atom is 0.248 e. The Morgan fingerprint density at radius 3 is 2.41 bits per heavy atom. The number of aldehydes is 1. The maximum atomic E-state index is 13.7. The molecule has 3 rings (SSSR count). The molecule has 0 heterocycles. The highest BCUT2D eigenvalue weighted by Crippen LogP contribution is 2.30. The van der Waals surface area contributed by atoms with E-state index in [4.69, 9.17) is 0 Å². The summed E-state index contributed by atoms with van der Waals surface area (Å²) in [7, 11) is 1.73. The minimum atomic E-state index is -0.822. The first-order valence-electron chi connectivity index (χ1n) is 11.8.